The highest BCUT2D eigenvalue weighted by molar-refractivity contribution is 5.98. The molecule has 3 heterocycles. The third-order valence-electron chi connectivity index (χ3n) is 9.24. The zero-order valence-electron chi connectivity index (χ0n) is 24.0. The number of aliphatic hydroxyl groups excluding tert-OH is 1. The first-order valence-electron chi connectivity index (χ1n) is 13.9. The first kappa shape index (κ1) is 29.6. The molecule has 3 fully saturated rings. The van der Waals surface area contributed by atoms with Crippen molar-refractivity contribution >= 4 is 17.8 Å². The van der Waals surface area contributed by atoms with E-state index in [1.807, 2.05) is 34.6 Å². The molecule has 3 aliphatic rings. The summed E-state index contributed by atoms with van der Waals surface area (Å²) >= 11 is 0. The maximum Gasteiger partial charge on any atom is 0.310 e. The Kier molecular flexibility index (Phi) is 8.00. The summed E-state index contributed by atoms with van der Waals surface area (Å²) < 4.78 is 6.68. The van der Waals surface area contributed by atoms with Crippen LogP contribution in [-0.2, 0) is 19.1 Å². The number of rotatable bonds is 11. The van der Waals surface area contributed by atoms with Crippen molar-refractivity contribution < 1.29 is 29.3 Å². The maximum absolute atomic E-state index is 14.7. The highest BCUT2D eigenvalue weighted by Crippen LogP contribution is 2.65. The van der Waals surface area contributed by atoms with Gasteiger partial charge < -0.3 is 24.7 Å². The Labute approximate surface area is 222 Å². The third kappa shape index (κ3) is 4.62. The number of carboxylic acid groups (broad SMARTS) is 1. The molecule has 3 rings (SSSR count). The minimum absolute atomic E-state index is 0.0669. The number of fused-ring (bicyclic) bond motifs is 1. The van der Waals surface area contributed by atoms with E-state index in [0.717, 1.165) is 0 Å². The van der Waals surface area contributed by atoms with Crippen LogP contribution in [0.1, 0.15) is 87.5 Å². The first-order valence-corrected chi connectivity index (χ1v) is 13.9. The summed E-state index contributed by atoms with van der Waals surface area (Å²) in [6.07, 6.45) is 4.48. The van der Waals surface area contributed by atoms with E-state index in [-0.39, 0.29) is 36.3 Å². The van der Waals surface area contributed by atoms with Crippen LogP contribution in [0.25, 0.3) is 0 Å². The normalized spacial score (nSPS) is 32.8. The average Bonchev–Trinajstić information content (AvgIpc) is 3.39. The van der Waals surface area contributed by atoms with Crippen molar-refractivity contribution in [2.24, 2.45) is 23.2 Å². The largest absolute Gasteiger partial charge is 0.481 e. The zero-order chi connectivity index (χ0) is 28.1. The molecular weight excluding hydrogens is 472 g/mol. The lowest BCUT2D eigenvalue weighted by Crippen LogP contribution is -2.63. The van der Waals surface area contributed by atoms with Gasteiger partial charge in [0.1, 0.15) is 17.6 Å². The molecule has 1 spiro atoms. The summed E-state index contributed by atoms with van der Waals surface area (Å²) in [5.41, 5.74) is -2.83. The summed E-state index contributed by atoms with van der Waals surface area (Å²) in [4.78, 5) is 44.8. The monoisotopic (exact) mass is 520 g/mol. The number of amides is 2. The van der Waals surface area contributed by atoms with Gasteiger partial charge in [0.05, 0.1) is 24.2 Å². The quantitative estimate of drug-likeness (QED) is 0.401. The minimum Gasteiger partial charge on any atom is -0.481 e. The summed E-state index contributed by atoms with van der Waals surface area (Å²) in [5, 5.41) is 20.8. The lowest BCUT2D eigenvalue weighted by Gasteiger charge is -2.47. The van der Waals surface area contributed by atoms with Gasteiger partial charge in [-0.25, -0.2) is 0 Å². The van der Waals surface area contributed by atoms with Crippen molar-refractivity contribution in [3.63, 3.8) is 0 Å². The van der Waals surface area contributed by atoms with E-state index in [9.17, 15) is 24.6 Å². The molecule has 7 atom stereocenters. The summed E-state index contributed by atoms with van der Waals surface area (Å²) in [5.74, 6) is -3.77. The first-order chi connectivity index (χ1) is 17.1. The Balaban J connectivity index is 2.21. The van der Waals surface area contributed by atoms with Crippen LogP contribution in [0.3, 0.4) is 0 Å². The summed E-state index contributed by atoms with van der Waals surface area (Å²) in [6.45, 7) is 20.1. The fraction of sp³-hybridized carbons (Fsp3) is 0.828. The van der Waals surface area contributed by atoms with Gasteiger partial charge in [-0.2, -0.15) is 0 Å². The van der Waals surface area contributed by atoms with E-state index in [0.29, 0.717) is 32.1 Å². The van der Waals surface area contributed by atoms with Gasteiger partial charge in [0.25, 0.3) is 0 Å². The van der Waals surface area contributed by atoms with Crippen molar-refractivity contribution in [3.8, 4) is 0 Å². The summed E-state index contributed by atoms with van der Waals surface area (Å²) in [6, 6.07) is -1.62. The van der Waals surface area contributed by atoms with Crippen molar-refractivity contribution in [2.75, 3.05) is 13.2 Å². The van der Waals surface area contributed by atoms with Crippen molar-refractivity contribution in [3.05, 3.63) is 12.7 Å². The molecule has 0 aromatic heterocycles. The molecule has 2 amide bonds. The third-order valence-corrected chi connectivity index (χ3v) is 9.24. The number of hydrogen-bond acceptors (Lipinski definition) is 5. The number of aliphatic carboxylic acids is 1. The Morgan fingerprint density at radius 2 is 1.86 bits per heavy atom. The van der Waals surface area contributed by atoms with Gasteiger partial charge in [0, 0.05) is 12.1 Å². The van der Waals surface area contributed by atoms with Gasteiger partial charge in [-0.3, -0.25) is 14.4 Å². The molecule has 3 saturated heterocycles. The molecule has 0 saturated carbocycles. The minimum atomic E-state index is -1.23. The van der Waals surface area contributed by atoms with E-state index in [4.69, 9.17) is 4.74 Å². The second kappa shape index (κ2) is 9.99. The van der Waals surface area contributed by atoms with Crippen LogP contribution >= 0.6 is 0 Å². The number of ether oxygens (including phenoxy) is 1. The molecule has 0 aromatic rings. The molecule has 0 aromatic carbocycles. The second-order valence-corrected chi connectivity index (χ2v) is 13.3. The molecule has 8 heteroatoms. The molecule has 8 nitrogen and oxygen atoms in total. The van der Waals surface area contributed by atoms with Crippen molar-refractivity contribution in [1.82, 2.24) is 9.80 Å². The van der Waals surface area contributed by atoms with E-state index in [2.05, 4.69) is 27.4 Å². The number of nitrogens with zero attached hydrogens (tertiary/aromatic N) is 2. The van der Waals surface area contributed by atoms with Crippen LogP contribution in [0.2, 0.25) is 0 Å². The molecule has 2 N–H and O–H groups in total. The van der Waals surface area contributed by atoms with Crippen LogP contribution in [0.5, 0.6) is 0 Å². The number of hydrogen-bond donors (Lipinski definition) is 2. The fourth-order valence-corrected chi connectivity index (χ4v) is 7.79. The lowest BCUT2D eigenvalue weighted by molar-refractivity contribution is -0.163. The predicted octanol–water partition coefficient (Wildman–Crippen LogP) is 3.86. The highest BCUT2D eigenvalue weighted by atomic mass is 16.5. The van der Waals surface area contributed by atoms with Crippen LogP contribution in [0, 0.1) is 23.2 Å². The molecular formula is C29H48N2O6. The smallest absolute Gasteiger partial charge is 0.310 e. The van der Waals surface area contributed by atoms with E-state index >= 15 is 0 Å². The number of carboxylic acids is 1. The standard InChI is InChI=1S/C29H48N2O6/c1-10-15-30(27(8,9)17-26(5,6)7)24(34)22-29-14-13-28(12-3,37-29)21(25(35)36)20(29)23(33)31(22)19(16-32)18(4)11-2/h10,18-22,32H,1,11-17H2,2-9H3,(H,35,36)/t18-,19-,20-,21+,22?,28-,29?/m0/s1. The topological polar surface area (TPSA) is 107 Å². The molecule has 2 unspecified atom stereocenters. The number of aliphatic hydroxyl groups is 1. The van der Waals surface area contributed by atoms with E-state index < -0.39 is 46.6 Å². The van der Waals surface area contributed by atoms with Crippen LogP contribution in [-0.4, -0.2) is 79.8 Å². The molecule has 37 heavy (non-hydrogen) atoms. The van der Waals surface area contributed by atoms with Gasteiger partial charge in [0.2, 0.25) is 11.8 Å². The molecule has 2 bridgehead atoms. The van der Waals surface area contributed by atoms with Gasteiger partial charge in [-0.1, -0.05) is 54.0 Å². The van der Waals surface area contributed by atoms with Gasteiger partial charge >= 0.3 is 5.97 Å². The Morgan fingerprint density at radius 3 is 2.32 bits per heavy atom. The second-order valence-electron chi connectivity index (χ2n) is 13.3. The number of likely N-dealkylation sites (tertiary alicyclic amines) is 1. The molecule has 3 aliphatic heterocycles. The van der Waals surface area contributed by atoms with Crippen LogP contribution < -0.4 is 0 Å². The van der Waals surface area contributed by atoms with Crippen LogP contribution in [0.4, 0.5) is 0 Å². The van der Waals surface area contributed by atoms with Crippen molar-refractivity contribution in [2.45, 2.75) is 116 Å². The molecule has 210 valence electrons. The molecule has 0 radical (unpaired) electrons. The van der Waals surface area contributed by atoms with Crippen molar-refractivity contribution in [1.29, 1.82) is 0 Å². The average molecular weight is 521 g/mol. The Hall–Kier alpha value is -1.93. The highest BCUT2D eigenvalue weighted by Gasteiger charge is 2.79. The van der Waals surface area contributed by atoms with Gasteiger partial charge in [-0.05, 0) is 50.9 Å². The zero-order valence-corrected chi connectivity index (χ0v) is 24.0. The van der Waals surface area contributed by atoms with E-state index in [1.54, 1.807) is 11.0 Å². The lowest BCUT2D eigenvalue weighted by atomic mass is 9.65. The molecule has 0 aliphatic carbocycles. The Bertz CT molecular complexity index is 926. The number of carbonyl (C=O) groups is 3. The van der Waals surface area contributed by atoms with E-state index in [1.165, 1.54) is 4.90 Å². The van der Waals surface area contributed by atoms with Crippen LogP contribution in [0.15, 0.2) is 12.7 Å². The predicted molar refractivity (Wildman–Crippen MR) is 142 cm³/mol. The number of carbonyl (C=O) groups excluding carboxylic acids is 2. The van der Waals surface area contributed by atoms with Gasteiger partial charge in [0.15, 0.2) is 0 Å². The Morgan fingerprint density at radius 1 is 1.24 bits per heavy atom. The summed E-state index contributed by atoms with van der Waals surface area (Å²) in [7, 11) is 0. The SMILES string of the molecule is C=CCN(C(=O)C1N([C@@H](CO)[C@@H](C)CC)C(=O)[C@@H]2[C@H](C(=O)O)[C@]3(CC)CCC12O3)C(C)(C)CC(C)(C)C. The fourth-order valence-electron chi connectivity index (χ4n) is 7.79. The maximum atomic E-state index is 14.7. The van der Waals surface area contributed by atoms with Gasteiger partial charge in [-0.15, -0.1) is 6.58 Å².